The third kappa shape index (κ3) is 0.956. The van der Waals surface area contributed by atoms with Crippen LogP contribution in [-0.4, -0.2) is 4.98 Å². The van der Waals surface area contributed by atoms with E-state index in [0.717, 1.165) is 5.82 Å². The summed E-state index contributed by atoms with van der Waals surface area (Å²) < 4.78 is 0. The molecule has 0 amide bonds. The smallest absolute Gasteiger partial charge is 0.230 e. The van der Waals surface area contributed by atoms with Gasteiger partial charge >= 0.3 is 0 Å². The van der Waals surface area contributed by atoms with Gasteiger partial charge in [-0.15, -0.1) is 0 Å². The summed E-state index contributed by atoms with van der Waals surface area (Å²) in [6.07, 6.45) is 0. The second-order valence-corrected chi connectivity index (χ2v) is 2.26. The quantitative estimate of drug-likeness (QED) is 0.583. The van der Waals surface area contributed by atoms with Crippen LogP contribution in [0.3, 0.4) is 0 Å². The van der Waals surface area contributed by atoms with Crippen molar-refractivity contribution in [3.63, 3.8) is 0 Å². The van der Waals surface area contributed by atoms with Gasteiger partial charge in [-0.1, -0.05) is 0 Å². The Labute approximate surface area is 56.8 Å². The minimum atomic E-state index is 0.462. The molecular weight excluding hydrogens is 147 g/mol. The SMILES string of the molecule is Cc1[nH]c(Cl)c(Cl)[nH+]1. The number of hydrogen-bond donors (Lipinski definition) is 1. The van der Waals surface area contributed by atoms with Gasteiger partial charge in [0.1, 0.15) is 0 Å². The maximum absolute atomic E-state index is 5.51. The van der Waals surface area contributed by atoms with Gasteiger partial charge in [0.2, 0.25) is 0 Å². The molecule has 4 heteroatoms. The zero-order valence-corrected chi connectivity index (χ0v) is 5.77. The Kier molecular flexibility index (Phi) is 1.45. The minimum Gasteiger partial charge on any atom is -0.230 e. The van der Waals surface area contributed by atoms with E-state index in [4.69, 9.17) is 23.2 Å². The van der Waals surface area contributed by atoms with Crippen molar-refractivity contribution in [2.24, 2.45) is 0 Å². The second kappa shape index (κ2) is 1.96. The first-order valence-corrected chi connectivity index (χ1v) is 2.88. The van der Waals surface area contributed by atoms with Crippen molar-refractivity contribution in [1.29, 1.82) is 0 Å². The maximum atomic E-state index is 5.51. The van der Waals surface area contributed by atoms with E-state index in [1.165, 1.54) is 0 Å². The van der Waals surface area contributed by atoms with Crippen LogP contribution in [-0.2, 0) is 0 Å². The van der Waals surface area contributed by atoms with Crippen molar-refractivity contribution in [1.82, 2.24) is 4.98 Å². The molecule has 0 saturated carbocycles. The van der Waals surface area contributed by atoms with Crippen molar-refractivity contribution in [3.05, 3.63) is 16.1 Å². The van der Waals surface area contributed by atoms with Crippen molar-refractivity contribution in [3.8, 4) is 0 Å². The normalized spacial score (nSPS) is 9.88. The zero-order chi connectivity index (χ0) is 6.15. The summed E-state index contributed by atoms with van der Waals surface area (Å²) in [5, 5.41) is 0.924. The highest BCUT2D eigenvalue weighted by Crippen LogP contribution is 2.12. The van der Waals surface area contributed by atoms with Crippen LogP contribution in [0.15, 0.2) is 0 Å². The standard InChI is InChI=1S/C4H4Cl2N2/c1-2-7-3(5)4(6)8-2/h1H3,(H,7,8)/p+1. The largest absolute Gasteiger partial charge is 0.252 e. The summed E-state index contributed by atoms with van der Waals surface area (Å²) in [4.78, 5) is 5.57. The molecule has 0 bridgehead atoms. The fourth-order valence-electron chi connectivity index (χ4n) is 0.470. The van der Waals surface area contributed by atoms with E-state index in [2.05, 4.69) is 9.97 Å². The second-order valence-electron chi connectivity index (χ2n) is 1.50. The number of rotatable bonds is 0. The van der Waals surface area contributed by atoms with Gasteiger partial charge in [-0.05, 0) is 23.2 Å². The predicted octanol–water partition coefficient (Wildman–Crippen LogP) is 1.44. The van der Waals surface area contributed by atoms with Gasteiger partial charge in [0, 0.05) is 6.92 Å². The molecule has 2 N–H and O–H groups in total. The topological polar surface area (TPSA) is 29.9 Å². The predicted molar refractivity (Wildman–Crippen MR) is 32.1 cm³/mol. The first-order valence-electron chi connectivity index (χ1n) is 2.13. The molecule has 0 aliphatic carbocycles. The maximum Gasteiger partial charge on any atom is 0.252 e. The number of nitrogens with one attached hydrogen (secondary N) is 2. The highest BCUT2D eigenvalue weighted by Gasteiger charge is 2.07. The molecule has 1 heterocycles. The third-order valence-electron chi connectivity index (χ3n) is 0.787. The molecule has 2 nitrogen and oxygen atoms in total. The van der Waals surface area contributed by atoms with Crippen LogP contribution in [0.1, 0.15) is 5.82 Å². The van der Waals surface area contributed by atoms with Crippen LogP contribution in [0.2, 0.25) is 10.3 Å². The van der Waals surface area contributed by atoms with E-state index in [1.807, 2.05) is 6.92 Å². The molecule has 44 valence electrons. The molecule has 1 rings (SSSR count). The summed E-state index contributed by atoms with van der Waals surface area (Å²) >= 11 is 11.0. The van der Waals surface area contributed by atoms with Gasteiger partial charge in [-0.25, -0.2) is 9.97 Å². The summed E-state index contributed by atoms with van der Waals surface area (Å²) in [6.45, 7) is 1.84. The van der Waals surface area contributed by atoms with Crippen LogP contribution in [0, 0.1) is 6.92 Å². The fraction of sp³-hybridized carbons (Fsp3) is 0.250. The van der Waals surface area contributed by atoms with Gasteiger partial charge in [-0.2, -0.15) is 0 Å². The highest BCUT2D eigenvalue weighted by molar-refractivity contribution is 6.39. The number of H-pyrrole nitrogens is 2. The number of halogens is 2. The van der Waals surface area contributed by atoms with Crippen molar-refractivity contribution in [2.45, 2.75) is 6.92 Å². The van der Waals surface area contributed by atoms with Crippen LogP contribution in [0.4, 0.5) is 0 Å². The van der Waals surface area contributed by atoms with Gasteiger partial charge in [-0.3, -0.25) is 0 Å². The third-order valence-corrected chi connectivity index (χ3v) is 1.45. The molecule has 0 spiro atoms. The van der Waals surface area contributed by atoms with Crippen LogP contribution >= 0.6 is 23.2 Å². The molecule has 0 atom stereocenters. The Morgan fingerprint density at radius 2 is 2.12 bits per heavy atom. The average molecular weight is 152 g/mol. The molecule has 8 heavy (non-hydrogen) atoms. The lowest BCUT2D eigenvalue weighted by molar-refractivity contribution is -0.382. The Balaban J connectivity index is 3.14. The molecule has 1 aromatic rings. The lowest BCUT2D eigenvalue weighted by Crippen LogP contribution is -2.01. The Morgan fingerprint density at radius 1 is 1.50 bits per heavy atom. The molecule has 0 aliphatic heterocycles. The van der Waals surface area contributed by atoms with E-state index in [0.29, 0.717) is 10.3 Å². The number of aryl methyl sites for hydroxylation is 1. The summed E-state index contributed by atoms with van der Waals surface area (Å²) in [5.41, 5.74) is 0. The Morgan fingerprint density at radius 3 is 2.25 bits per heavy atom. The minimum absolute atomic E-state index is 0.462. The first-order chi connectivity index (χ1) is 3.70. The fourth-order valence-corrected chi connectivity index (χ4v) is 0.848. The molecule has 1 aromatic heterocycles. The van der Waals surface area contributed by atoms with E-state index in [1.54, 1.807) is 0 Å². The highest BCUT2D eigenvalue weighted by atomic mass is 35.5. The van der Waals surface area contributed by atoms with Crippen molar-refractivity contribution >= 4 is 23.2 Å². The lowest BCUT2D eigenvalue weighted by Gasteiger charge is -1.65. The summed E-state index contributed by atoms with van der Waals surface area (Å²) in [5.74, 6) is 0.861. The van der Waals surface area contributed by atoms with Gasteiger partial charge in [0.05, 0.1) is 0 Å². The van der Waals surface area contributed by atoms with Gasteiger partial charge < -0.3 is 0 Å². The molecule has 0 fully saturated rings. The first kappa shape index (κ1) is 5.92. The van der Waals surface area contributed by atoms with Crippen molar-refractivity contribution in [2.75, 3.05) is 0 Å². The lowest BCUT2D eigenvalue weighted by atomic mass is 10.8. The number of aromatic amines is 2. The van der Waals surface area contributed by atoms with E-state index >= 15 is 0 Å². The number of imidazole rings is 1. The molecule has 0 aromatic carbocycles. The number of hydrogen-bond acceptors (Lipinski definition) is 0. The van der Waals surface area contributed by atoms with Crippen LogP contribution in [0.5, 0.6) is 0 Å². The van der Waals surface area contributed by atoms with Gasteiger partial charge in [0.25, 0.3) is 16.1 Å². The van der Waals surface area contributed by atoms with Gasteiger partial charge in [0.15, 0.2) is 0 Å². The van der Waals surface area contributed by atoms with Crippen LogP contribution < -0.4 is 4.98 Å². The summed E-state index contributed by atoms with van der Waals surface area (Å²) in [7, 11) is 0. The Bertz CT molecular complexity index is 174. The zero-order valence-electron chi connectivity index (χ0n) is 4.26. The molecule has 0 unspecified atom stereocenters. The average Bonchev–Trinajstić information content (AvgIpc) is 1.85. The molecule has 0 radical (unpaired) electrons. The molecule has 0 saturated heterocycles. The molecular formula is C4H5Cl2N2+. The van der Waals surface area contributed by atoms with Crippen molar-refractivity contribution < 1.29 is 4.98 Å². The monoisotopic (exact) mass is 151 g/mol. The van der Waals surface area contributed by atoms with E-state index < -0.39 is 0 Å². The molecule has 0 aliphatic rings. The van der Waals surface area contributed by atoms with E-state index in [-0.39, 0.29) is 0 Å². The Hall–Kier alpha value is -0.210. The number of aromatic nitrogens is 2. The van der Waals surface area contributed by atoms with Crippen LogP contribution in [0.25, 0.3) is 0 Å². The van der Waals surface area contributed by atoms with E-state index in [9.17, 15) is 0 Å². The summed E-state index contributed by atoms with van der Waals surface area (Å²) in [6, 6.07) is 0.